The molecule has 0 radical (unpaired) electrons. The molecule has 1 fully saturated rings. The van der Waals surface area contributed by atoms with E-state index in [9.17, 15) is 20.1 Å². The molecule has 2 aliphatic heterocycles. The number of hydrogen-bond donors (Lipinski definition) is 4. The van der Waals surface area contributed by atoms with E-state index in [2.05, 4.69) is 0 Å². The molecule has 2 aliphatic rings. The van der Waals surface area contributed by atoms with Crippen molar-refractivity contribution in [3.63, 3.8) is 0 Å². The number of aliphatic hydroxyl groups excluding tert-OH is 4. The minimum atomic E-state index is -1.50. The van der Waals surface area contributed by atoms with Gasteiger partial charge in [0.1, 0.15) is 36.6 Å². The third-order valence-corrected chi connectivity index (χ3v) is 3.33. The minimum Gasteiger partial charge on any atom is -0.456 e. The van der Waals surface area contributed by atoms with Crippen molar-refractivity contribution in [3.05, 3.63) is 12.2 Å². The van der Waals surface area contributed by atoms with Gasteiger partial charge in [0.05, 0.1) is 6.61 Å². The van der Waals surface area contributed by atoms with Crippen LogP contribution >= 0.6 is 0 Å². The molecule has 0 saturated carbocycles. The van der Waals surface area contributed by atoms with Gasteiger partial charge in [-0.15, -0.1) is 0 Å². The third kappa shape index (κ3) is 3.00. The van der Waals surface area contributed by atoms with Gasteiger partial charge in [0.25, 0.3) is 0 Å². The van der Waals surface area contributed by atoms with Crippen molar-refractivity contribution in [2.24, 2.45) is 0 Å². The van der Waals surface area contributed by atoms with Crippen molar-refractivity contribution in [1.82, 2.24) is 0 Å². The maximum atomic E-state index is 11.0. The smallest absolute Gasteiger partial charge is 0.330 e. The van der Waals surface area contributed by atoms with Crippen LogP contribution in [0.5, 0.6) is 0 Å². The van der Waals surface area contributed by atoms with Crippen molar-refractivity contribution in [1.29, 1.82) is 0 Å². The molecule has 0 aliphatic carbocycles. The molecule has 0 spiro atoms. The van der Waals surface area contributed by atoms with Crippen LogP contribution in [0.4, 0.5) is 0 Å². The molecule has 114 valence electrons. The Labute approximate surface area is 115 Å². The van der Waals surface area contributed by atoms with Crippen molar-refractivity contribution in [3.8, 4) is 0 Å². The van der Waals surface area contributed by atoms with Gasteiger partial charge in [-0.05, 0) is 13.0 Å². The van der Waals surface area contributed by atoms with Crippen LogP contribution in [0.25, 0.3) is 0 Å². The number of carbonyl (C=O) groups excluding carboxylic acids is 1. The lowest BCUT2D eigenvalue weighted by Crippen LogP contribution is -2.60. The fourth-order valence-electron chi connectivity index (χ4n) is 2.11. The number of rotatable bonds is 3. The summed E-state index contributed by atoms with van der Waals surface area (Å²) in [4.78, 5) is 11.0. The van der Waals surface area contributed by atoms with Crippen LogP contribution in [0.2, 0.25) is 0 Å². The van der Waals surface area contributed by atoms with Gasteiger partial charge >= 0.3 is 5.97 Å². The number of ether oxygens (including phenoxy) is 3. The standard InChI is InChI=1S/C12H18O8/c1-5-6(2-3-8(14)18-5)19-12-11(17)10(16)9(15)7(4-13)20-12/h2-3,5-7,9-13,15-17H,4H2,1H3. The van der Waals surface area contributed by atoms with Gasteiger partial charge < -0.3 is 34.6 Å². The third-order valence-electron chi connectivity index (χ3n) is 3.33. The number of carbonyl (C=O) groups is 1. The van der Waals surface area contributed by atoms with E-state index in [-0.39, 0.29) is 0 Å². The molecule has 0 amide bonds. The topological polar surface area (TPSA) is 126 Å². The van der Waals surface area contributed by atoms with Crippen LogP contribution in [-0.4, -0.2) is 75.9 Å². The maximum absolute atomic E-state index is 11.0. The highest BCUT2D eigenvalue weighted by Gasteiger charge is 2.45. The van der Waals surface area contributed by atoms with Crippen molar-refractivity contribution in [2.45, 2.75) is 49.8 Å². The Kier molecular flexibility index (Phi) is 4.74. The number of hydrogen-bond acceptors (Lipinski definition) is 8. The van der Waals surface area contributed by atoms with E-state index in [0.717, 1.165) is 0 Å². The minimum absolute atomic E-state index is 0.494. The first kappa shape index (κ1) is 15.4. The number of cyclic esters (lactones) is 1. The molecule has 1 saturated heterocycles. The molecule has 2 heterocycles. The normalized spacial score (nSPS) is 45.2. The molecule has 8 heteroatoms. The lowest BCUT2D eigenvalue weighted by atomic mass is 9.99. The van der Waals surface area contributed by atoms with Gasteiger partial charge in [0.15, 0.2) is 6.29 Å². The monoisotopic (exact) mass is 290 g/mol. The zero-order valence-corrected chi connectivity index (χ0v) is 10.8. The molecule has 20 heavy (non-hydrogen) atoms. The fourth-order valence-corrected chi connectivity index (χ4v) is 2.11. The maximum Gasteiger partial charge on any atom is 0.330 e. The van der Waals surface area contributed by atoms with E-state index in [1.807, 2.05) is 0 Å². The molecule has 0 aromatic rings. The highest BCUT2D eigenvalue weighted by molar-refractivity contribution is 5.83. The van der Waals surface area contributed by atoms with Crippen LogP contribution in [0.1, 0.15) is 6.92 Å². The summed E-state index contributed by atoms with van der Waals surface area (Å²) in [5.41, 5.74) is 0. The first-order chi connectivity index (χ1) is 9.43. The van der Waals surface area contributed by atoms with E-state index >= 15 is 0 Å². The van der Waals surface area contributed by atoms with Crippen LogP contribution in [0.15, 0.2) is 12.2 Å². The largest absolute Gasteiger partial charge is 0.456 e. The first-order valence-corrected chi connectivity index (χ1v) is 6.29. The summed E-state index contributed by atoms with van der Waals surface area (Å²) in [6.45, 7) is 1.08. The lowest BCUT2D eigenvalue weighted by Gasteiger charge is -2.41. The highest BCUT2D eigenvalue weighted by atomic mass is 16.7. The molecule has 8 nitrogen and oxygen atoms in total. The summed E-state index contributed by atoms with van der Waals surface area (Å²) in [5, 5.41) is 38.1. The molecule has 7 atom stereocenters. The molecule has 0 aromatic carbocycles. The summed E-state index contributed by atoms with van der Waals surface area (Å²) in [6.07, 6.45) is -5.31. The fraction of sp³-hybridized carbons (Fsp3) is 0.750. The molecular weight excluding hydrogens is 272 g/mol. The van der Waals surface area contributed by atoms with E-state index in [1.165, 1.54) is 12.2 Å². The predicted molar refractivity (Wildman–Crippen MR) is 63.3 cm³/mol. The summed E-state index contributed by atoms with van der Waals surface area (Å²) >= 11 is 0. The SMILES string of the molecule is CC1OC(=O)C=CC1OC1OC(CO)C(O)C(O)C1O. The van der Waals surface area contributed by atoms with Gasteiger partial charge in [-0.25, -0.2) is 4.79 Å². The van der Waals surface area contributed by atoms with Crippen molar-refractivity contribution >= 4 is 5.97 Å². The summed E-state index contributed by atoms with van der Waals surface area (Å²) in [6, 6.07) is 0. The molecule has 2 rings (SSSR count). The summed E-state index contributed by atoms with van der Waals surface area (Å²) in [5.74, 6) is -0.494. The summed E-state index contributed by atoms with van der Waals surface area (Å²) in [7, 11) is 0. The lowest BCUT2D eigenvalue weighted by molar-refractivity contribution is -0.312. The average molecular weight is 290 g/mol. The highest BCUT2D eigenvalue weighted by Crippen LogP contribution is 2.25. The Bertz CT molecular complexity index is 382. The van der Waals surface area contributed by atoms with E-state index < -0.39 is 55.5 Å². The number of aliphatic hydroxyl groups is 4. The van der Waals surface area contributed by atoms with Crippen molar-refractivity contribution in [2.75, 3.05) is 6.61 Å². The van der Waals surface area contributed by atoms with Crippen LogP contribution in [-0.2, 0) is 19.0 Å². The second-order valence-electron chi connectivity index (χ2n) is 4.80. The zero-order chi connectivity index (χ0) is 14.9. The van der Waals surface area contributed by atoms with Gasteiger partial charge in [-0.2, -0.15) is 0 Å². The zero-order valence-electron chi connectivity index (χ0n) is 10.8. The van der Waals surface area contributed by atoms with Crippen LogP contribution in [0.3, 0.4) is 0 Å². The van der Waals surface area contributed by atoms with Gasteiger partial charge in [0, 0.05) is 6.08 Å². The van der Waals surface area contributed by atoms with Crippen LogP contribution < -0.4 is 0 Å². The Balaban J connectivity index is 2.04. The molecule has 7 unspecified atom stereocenters. The first-order valence-electron chi connectivity index (χ1n) is 6.29. The Hall–Kier alpha value is -1.03. The van der Waals surface area contributed by atoms with Crippen LogP contribution in [0, 0.1) is 0 Å². The van der Waals surface area contributed by atoms with E-state index in [4.69, 9.17) is 19.3 Å². The van der Waals surface area contributed by atoms with Crippen molar-refractivity contribution < 1.29 is 39.4 Å². The average Bonchev–Trinajstić information content (AvgIpc) is 2.42. The van der Waals surface area contributed by atoms with Gasteiger partial charge in [0.2, 0.25) is 0 Å². The Morgan fingerprint density at radius 2 is 1.95 bits per heavy atom. The Morgan fingerprint density at radius 1 is 1.25 bits per heavy atom. The summed E-state index contributed by atoms with van der Waals surface area (Å²) < 4.78 is 15.6. The second kappa shape index (κ2) is 6.17. The van der Waals surface area contributed by atoms with Gasteiger partial charge in [-0.3, -0.25) is 0 Å². The van der Waals surface area contributed by atoms with E-state index in [0.29, 0.717) is 0 Å². The quantitative estimate of drug-likeness (QED) is 0.427. The van der Waals surface area contributed by atoms with Gasteiger partial charge in [-0.1, -0.05) is 0 Å². The second-order valence-corrected chi connectivity index (χ2v) is 4.80. The molecule has 4 N–H and O–H groups in total. The van der Waals surface area contributed by atoms with E-state index in [1.54, 1.807) is 6.92 Å². The molecule has 0 bridgehead atoms. The molecular formula is C12H18O8. The predicted octanol–water partition coefficient (Wildman–Crippen LogP) is -2.33. The Morgan fingerprint density at radius 3 is 2.55 bits per heavy atom. The molecule has 0 aromatic heterocycles. The number of esters is 1.